The first kappa shape index (κ1) is 14.4. The quantitative estimate of drug-likeness (QED) is 0.610. The molecule has 1 aliphatic carbocycles. The van der Waals surface area contributed by atoms with Crippen molar-refractivity contribution < 1.29 is 5.11 Å². The van der Waals surface area contributed by atoms with E-state index < -0.39 is 0 Å². The molecule has 0 N–H and O–H groups in total. The summed E-state index contributed by atoms with van der Waals surface area (Å²) < 4.78 is 0. The van der Waals surface area contributed by atoms with Gasteiger partial charge in [0.2, 0.25) is 0 Å². The lowest BCUT2D eigenvalue weighted by Crippen LogP contribution is -2.22. The zero-order valence-corrected chi connectivity index (χ0v) is 12.6. The van der Waals surface area contributed by atoms with E-state index in [2.05, 4.69) is 47.6 Å². The Morgan fingerprint density at radius 2 is 1.71 bits per heavy atom. The summed E-state index contributed by atoms with van der Waals surface area (Å²) in [6, 6.07) is 0. The minimum Gasteiger partial charge on any atom is -0.288 e. The fourth-order valence-electron chi connectivity index (χ4n) is 2.25. The van der Waals surface area contributed by atoms with Crippen molar-refractivity contribution in [1.29, 1.82) is 0 Å². The van der Waals surface area contributed by atoms with Gasteiger partial charge < -0.3 is 0 Å². The summed E-state index contributed by atoms with van der Waals surface area (Å²) in [5.41, 5.74) is 2.19. The van der Waals surface area contributed by atoms with Crippen LogP contribution in [0.25, 0.3) is 0 Å². The van der Waals surface area contributed by atoms with E-state index in [0.717, 1.165) is 12.0 Å². The molecule has 0 aliphatic heterocycles. The third kappa shape index (κ3) is 3.67. The third-order valence-corrected chi connectivity index (χ3v) is 3.16. The van der Waals surface area contributed by atoms with E-state index in [1.165, 1.54) is 5.57 Å². The van der Waals surface area contributed by atoms with Crippen molar-refractivity contribution in [1.82, 2.24) is 0 Å². The van der Waals surface area contributed by atoms with Crippen LogP contribution in [0, 0.1) is 10.8 Å². The van der Waals surface area contributed by atoms with Gasteiger partial charge in [-0.15, -0.1) is 0 Å². The molecular weight excluding hydrogens is 228 g/mol. The molecule has 0 atom stereocenters. The van der Waals surface area contributed by atoms with Gasteiger partial charge in [-0.3, -0.25) is 5.11 Å². The van der Waals surface area contributed by atoms with Crippen molar-refractivity contribution in [3.05, 3.63) is 23.0 Å². The van der Waals surface area contributed by atoms with Crippen LogP contribution in [0.4, 0.5) is 0 Å². The molecule has 0 saturated carbocycles. The molecule has 1 rings (SSSR count). The van der Waals surface area contributed by atoms with Gasteiger partial charge in [0.25, 0.3) is 0 Å². The SMILES string of the molecule is CC(C)(C)CC1=CCC(=S)C([O])=C1C(C)(C)C. The number of hydrogen-bond acceptors (Lipinski definition) is 1. The molecule has 1 nitrogen and oxygen atoms in total. The van der Waals surface area contributed by atoms with Crippen LogP contribution in [0.3, 0.4) is 0 Å². The van der Waals surface area contributed by atoms with Crippen molar-refractivity contribution >= 4 is 17.1 Å². The molecule has 0 aromatic heterocycles. The van der Waals surface area contributed by atoms with Gasteiger partial charge >= 0.3 is 0 Å². The highest BCUT2D eigenvalue weighted by Gasteiger charge is 2.31. The van der Waals surface area contributed by atoms with Crippen LogP contribution in [0.15, 0.2) is 23.0 Å². The predicted molar refractivity (Wildman–Crippen MR) is 76.5 cm³/mol. The Bertz CT molecular complexity index is 386. The largest absolute Gasteiger partial charge is 0.288 e. The molecule has 0 aromatic rings. The molecule has 17 heavy (non-hydrogen) atoms. The third-order valence-electron chi connectivity index (χ3n) is 2.81. The molecular formula is C15H23OS. The number of allylic oxidation sites excluding steroid dienone is 4. The van der Waals surface area contributed by atoms with E-state index >= 15 is 0 Å². The molecule has 0 heterocycles. The van der Waals surface area contributed by atoms with E-state index in [9.17, 15) is 5.11 Å². The summed E-state index contributed by atoms with van der Waals surface area (Å²) >= 11 is 5.15. The van der Waals surface area contributed by atoms with Gasteiger partial charge in [0.1, 0.15) is 0 Å². The lowest BCUT2D eigenvalue weighted by atomic mass is 9.73. The number of hydrogen-bond donors (Lipinski definition) is 0. The second-order valence-corrected chi connectivity index (χ2v) is 7.54. The summed E-state index contributed by atoms with van der Waals surface area (Å²) in [5, 5.41) is 12.2. The standard InChI is InChI=1S/C15H23OS/c1-14(2,3)9-10-7-8-11(17)13(16)12(10)15(4,5)6/h7H,8-9H2,1-6H3. The first-order chi connectivity index (χ1) is 7.52. The summed E-state index contributed by atoms with van der Waals surface area (Å²) in [6.45, 7) is 12.9. The van der Waals surface area contributed by atoms with Crippen LogP contribution in [0.2, 0.25) is 0 Å². The fourth-order valence-corrected chi connectivity index (χ4v) is 2.44. The Labute approximate surface area is 111 Å². The van der Waals surface area contributed by atoms with Gasteiger partial charge in [0.05, 0.1) is 4.86 Å². The number of rotatable bonds is 1. The molecule has 95 valence electrons. The highest BCUT2D eigenvalue weighted by molar-refractivity contribution is 7.80. The maximum Gasteiger partial charge on any atom is 0.196 e. The Hall–Kier alpha value is -0.630. The molecule has 0 aromatic carbocycles. The molecule has 1 aliphatic rings. The van der Waals surface area contributed by atoms with Gasteiger partial charge in [-0.05, 0) is 22.8 Å². The van der Waals surface area contributed by atoms with Crippen molar-refractivity contribution in [3.63, 3.8) is 0 Å². The Kier molecular flexibility index (Phi) is 3.87. The van der Waals surface area contributed by atoms with E-state index in [1.807, 2.05) is 0 Å². The monoisotopic (exact) mass is 251 g/mol. The summed E-state index contributed by atoms with van der Waals surface area (Å²) in [7, 11) is 0. The smallest absolute Gasteiger partial charge is 0.196 e. The normalized spacial score (nSPS) is 18.5. The maximum atomic E-state index is 12.2. The van der Waals surface area contributed by atoms with Gasteiger partial charge in [0.15, 0.2) is 5.76 Å². The Balaban J connectivity index is 3.18. The van der Waals surface area contributed by atoms with Gasteiger partial charge in [-0.1, -0.05) is 59.8 Å². The fraction of sp³-hybridized carbons (Fsp3) is 0.667. The molecule has 0 fully saturated rings. The second kappa shape index (κ2) is 4.56. The van der Waals surface area contributed by atoms with E-state index in [-0.39, 0.29) is 16.6 Å². The van der Waals surface area contributed by atoms with Crippen LogP contribution in [0.5, 0.6) is 0 Å². The predicted octanol–water partition coefficient (Wildman–Crippen LogP) is 4.85. The molecule has 0 amide bonds. The highest BCUT2D eigenvalue weighted by Crippen LogP contribution is 2.41. The van der Waals surface area contributed by atoms with Crippen molar-refractivity contribution in [2.75, 3.05) is 0 Å². The summed E-state index contributed by atoms with van der Waals surface area (Å²) in [6.07, 6.45) is 3.72. The first-order valence-electron chi connectivity index (χ1n) is 6.17. The lowest BCUT2D eigenvalue weighted by molar-refractivity contribution is 0.302. The topological polar surface area (TPSA) is 19.9 Å². The van der Waals surface area contributed by atoms with Crippen molar-refractivity contribution in [2.24, 2.45) is 10.8 Å². The molecule has 1 radical (unpaired) electrons. The van der Waals surface area contributed by atoms with E-state index in [1.54, 1.807) is 0 Å². The molecule has 0 bridgehead atoms. The zero-order chi connectivity index (χ0) is 13.4. The minimum atomic E-state index is -0.126. The first-order valence-corrected chi connectivity index (χ1v) is 6.57. The Morgan fingerprint density at radius 1 is 1.18 bits per heavy atom. The maximum absolute atomic E-state index is 12.2. The number of thiocarbonyl (C=S) groups is 1. The average Bonchev–Trinajstić information content (AvgIpc) is 2.06. The highest BCUT2D eigenvalue weighted by atomic mass is 32.1. The Morgan fingerprint density at radius 3 is 2.12 bits per heavy atom. The van der Waals surface area contributed by atoms with Gasteiger partial charge in [-0.25, -0.2) is 0 Å². The molecule has 0 spiro atoms. The van der Waals surface area contributed by atoms with Crippen LogP contribution in [0.1, 0.15) is 54.4 Å². The van der Waals surface area contributed by atoms with Crippen molar-refractivity contribution in [3.8, 4) is 0 Å². The van der Waals surface area contributed by atoms with E-state index in [0.29, 0.717) is 11.3 Å². The van der Waals surface area contributed by atoms with Gasteiger partial charge in [0, 0.05) is 12.0 Å². The molecule has 0 unspecified atom stereocenters. The molecule has 0 saturated heterocycles. The molecule has 2 heteroatoms. The zero-order valence-electron chi connectivity index (χ0n) is 11.8. The van der Waals surface area contributed by atoms with Crippen LogP contribution in [-0.4, -0.2) is 4.86 Å². The second-order valence-electron chi connectivity index (χ2n) is 7.05. The van der Waals surface area contributed by atoms with Crippen LogP contribution >= 0.6 is 12.2 Å². The van der Waals surface area contributed by atoms with Crippen LogP contribution in [-0.2, 0) is 5.11 Å². The lowest BCUT2D eigenvalue weighted by Gasteiger charge is -2.31. The summed E-state index contributed by atoms with van der Waals surface area (Å²) in [5.74, 6) is 0.0919. The van der Waals surface area contributed by atoms with Gasteiger partial charge in [-0.2, -0.15) is 0 Å². The van der Waals surface area contributed by atoms with Crippen molar-refractivity contribution in [2.45, 2.75) is 54.4 Å². The summed E-state index contributed by atoms with van der Waals surface area (Å²) in [4.78, 5) is 0.563. The van der Waals surface area contributed by atoms with Crippen LogP contribution < -0.4 is 0 Å². The average molecular weight is 251 g/mol. The van der Waals surface area contributed by atoms with E-state index in [4.69, 9.17) is 12.2 Å². The minimum absolute atomic E-state index is 0.0919.